The quantitative estimate of drug-likeness (QED) is 0.680. The minimum absolute atomic E-state index is 0.149. The van der Waals surface area contributed by atoms with Gasteiger partial charge in [-0.15, -0.1) is 0 Å². The summed E-state index contributed by atoms with van der Waals surface area (Å²) in [7, 11) is 0. The number of nitrogens with one attached hydrogen (secondary N) is 3. The van der Waals surface area contributed by atoms with Crippen LogP contribution in [0.1, 0.15) is 44.1 Å². The zero-order chi connectivity index (χ0) is 18.4. The third kappa shape index (κ3) is 5.90. The van der Waals surface area contributed by atoms with E-state index in [1.165, 1.54) is 0 Å². The number of halogens is 1. The molecule has 3 rings (SSSR count). The lowest BCUT2D eigenvalue weighted by Gasteiger charge is -2.28. The van der Waals surface area contributed by atoms with Crippen molar-refractivity contribution in [3.63, 3.8) is 0 Å². The molecule has 3 N–H and O–H groups in total. The average molecular weight is 378 g/mol. The summed E-state index contributed by atoms with van der Waals surface area (Å²) in [5.41, 5.74) is 0.915. The summed E-state index contributed by atoms with van der Waals surface area (Å²) in [6.45, 7) is 1.95. The second kappa shape index (κ2) is 9.26. The highest BCUT2D eigenvalue weighted by Gasteiger charge is 2.30. The molecule has 3 amide bonds. The fraction of sp³-hybridized carbons (Fsp3) is 0.600. The van der Waals surface area contributed by atoms with Crippen LogP contribution in [0, 0.1) is 17.8 Å². The monoisotopic (exact) mass is 377 g/mol. The predicted octanol–water partition coefficient (Wildman–Crippen LogP) is 3.47. The van der Waals surface area contributed by atoms with Gasteiger partial charge in [-0.3, -0.25) is 4.79 Å². The molecule has 0 atom stereocenters. The van der Waals surface area contributed by atoms with Crippen LogP contribution < -0.4 is 16.0 Å². The predicted molar refractivity (Wildman–Crippen MR) is 103 cm³/mol. The number of amides is 3. The Hall–Kier alpha value is -1.75. The molecule has 0 aliphatic heterocycles. The first-order valence-electron chi connectivity index (χ1n) is 9.64. The van der Waals surface area contributed by atoms with Gasteiger partial charge in [0.1, 0.15) is 0 Å². The van der Waals surface area contributed by atoms with Crippen LogP contribution in [0.5, 0.6) is 0 Å². The van der Waals surface area contributed by atoms with Crippen LogP contribution in [-0.4, -0.2) is 25.0 Å². The van der Waals surface area contributed by atoms with Crippen molar-refractivity contribution in [2.24, 2.45) is 17.8 Å². The van der Waals surface area contributed by atoms with Crippen LogP contribution in [-0.2, 0) is 11.3 Å². The van der Waals surface area contributed by atoms with Crippen molar-refractivity contribution >= 4 is 23.5 Å². The van der Waals surface area contributed by atoms with Crippen molar-refractivity contribution in [3.05, 3.63) is 34.9 Å². The highest BCUT2D eigenvalue weighted by atomic mass is 35.5. The zero-order valence-corrected chi connectivity index (χ0v) is 15.9. The average Bonchev–Trinajstić information content (AvgIpc) is 3.50. The number of rotatable bonds is 7. The first-order chi connectivity index (χ1) is 12.6. The second-order valence-electron chi connectivity index (χ2n) is 7.56. The number of carbonyl (C=O) groups is 2. The Morgan fingerprint density at radius 1 is 0.885 bits per heavy atom. The Morgan fingerprint density at radius 2 is 1.50 bits per heavy atom. The van der Waals surface area contributed by atoms with E-state index in [0.29, 0.717) is 35.9 Å². The van der Waals surface area contributed by atoms with Gasteiger partial charge in [-0.2, -0.15) is 0 Å². The minimum atomic E-state index is -0.149. The summed E-state index contributed by atoms with van der Waals surface area (Å²) >= 11 is 6.09. The summed E-state index contributed by atoms with van der Waals surface area (Å²) < 4.78 is 0. The van der Waals surface area contributed by atoms with Gasteiger partial charge in [0.15, 0.2) is 0 Å². The molecule has 2 fully saturated rings. The molecule has 0 spiro atoms. The third-order valence-electron chi connectivity index (χ3n) is 5.43. The van der Waals surface area contributed by atoms with Crippen molar-refractivity contribution < 1.29 is 9.59 Å². The van der Waals surface area contributed by atoms with Crippen molar-refractivity contribution in [1.29, 1.82) is 0 Å². The molecule has 2 aliphatic rings. The van der Waals surface area contributed by atoms with Crippen molar-refractivity contribution in [3.8, 4) is 0 Å². The normalized spacial score (nSPS) is 22.5. The van der Waals surface area contributed by atoms with Gasteiger partial charge in [0.05, 0.1) is 0 Å². The van der Waals surface area contributed by atoms with Gasteiger partial charge in [0.2, 0.25) is 5.91 Å². The van der Waals surface area contributed by atoms with E-state index in [0.717, 1.165) is 50.6 Å². The largest absolute Gasteiger partial charge is 0.356 e. The molecular weight excluding hydrogens is 350 g/mol. The Morgan fingerprint density at radius 3 is 2.12 bits per heavy atom. The van der Waals surface area contributed by atoms with E-state index >= 15 is 0 Å². The molecule has 1 aromatic carbocycles. The number of hydrogen-bond donors (Lipinski definition) is 3. The lowest BCUT2D eigenvalue weighted by atomic mass is 9.82. The van der Waals surface area contributed by atoms with Gasteiger partial charge in [-0.25, -0.2) is 4.79 Å². The molecule has 1 aromatic rings. The summed E-state index contributed by atoms with van der Waals surface area (Å²) in [5, 5.41) is 9.58. The first kappa shape index (κ1) is 19.0. The molecule has 5 nitrogen and oxygen atoms in total. The molecule has 0 radical (unpaired) electrons. The highest BCUT2D eigenvalue weighted by Crippen LogP contribution is 2.30. The van der Waals surface area contributed by atoms with Crippen LogP contribution >= 0.6 is 11.6 Å². The van der Waals surface area contributed by atoms with Gasteiger partial charge in [0, 0.05) is 30.6 Å². The summed E-state index contributed by atoms with van der Waals surface area (Å²) in [6, 6.07) is 7.36. The van der Waals surface area contributed by atoms with Gasteiger partial charge in [-0.05, 0) is 62.0 Å². The van der Waals surface area contributed by atoms with Crippen molar-refractivity contribution in [2.75, 3.05) is 13.1 Å². The van der Waals surface area contributed by atoms with Gasteiger partial charge >= 0.3 is 6.03 Å². The standard InChI is InChI=1S/C20H28ClN3O2/c21-18-4-2-1-3-17(18)13-24-20(26)23-12-15-7-5-14(6-8-15)11-22-19(25)16-9-10-16/h1-4,14-16H,5-13H2,(H,22,25)(H2,23,24,26). The molecule has 142 valence electrons. The molecule has 0 heterocycles. The lowest BCUT2D eigenvalue weighted by Crippen LogP contribution is -2.39. The molecule has 26 heavy (non-hydrogen) atoms. The van der Waals surface area contributed by atoms with E-state index in [-0.39, 0.29) is 11.9 Å². The number of carbonyl (C=O) groups excluding carboxylic acids is 2. The van der Waals surface area contributed by atoms with Crippen molar-refractivity contribution in [1.82, 2.24) is 16.0 Å². The molecule has 6 heteroatoms. The van der Waals surface area contributed by atoms with Crippen LogP contribution in [0.15, 0.2) is 24.3 Å². The van der Waals surface area contributed by atoms with Crippen LogP contribution in [0.2, 0.25) is 5.02 Å². The third-order valence-corrected chi connectivity index (χ3v) is 5.80. The molecule has 2 aliphatic carbocycles. The van der Waals surface area contributed by atoms with Crippen molar-refractivity contribution in [2.45, 2.75) is 45.1 Å². The van der Waals surface area contributed by atoms with E-state index in [2.05, 4.69) is 16.0 Å². The Kier molecular flexibility index (Phi) is 6.78. The fourth-order valence-electron chi connectivity index (χ4n) is 3.49. The topological polar surface area (TPSA) is 70.2 Å². The van der Waals surface area contributed by atoms with Crippen LogP contribution in [0.3, 0.4) is 0 Å². The Labute approximate surface area is 160 Å². The van der Waals surface area contributed by atoms with Crippen LogP contribution in [0.4, 0.5) is 4.79 Å². The molecule has 2 saturated carbocycles. The zero-order valence-electron chi connectivity index (χ0n) is 15.1. The minimum Gasteiger partial charge on any atom is -0.356 e. The molecule has 0 unspecified atom stereocenters. The van der Waals surface area contributed by atoms with E-state index < -0.39 is 0 Å². The van der Waals surface area contributed by atoms with Gasteiger partial charge < -0.3 is 16.0 Å². The maximum absolute atomic E-state index is 12.0. The first-order valence-corrected chi connectivity index (χ1v) is 10.0. The summed E-state index contributed by atoms with van der Waals surface area (Å²) in [4.78, 5) is 23.7. The number of benzene rings is 1. The van der Waals surface area contributed by atoms with E-state index in [9.17, 15) is 9.59 Å². The van der Waals surface area contributed by atoms with E-state index in [1.54, 1.807) is 0 Å². The number of hydrogen-bond acceptors (Lipinski definition) is 2. The molecular formula is C20H28ClN3O2. The van der Waals surface area contributed by atoms with Crippen LogP contribution in [0.25, 0.3) is 0 Å². The Balaban J connectivity index is 1.27. The van der Waals surface area contributed by atoms with E-state index in [4.69, 9.17) is 11.6 Å². The Bertz CT molecular complexity index is 625. The maximum atomic E-state index is 12.0. The lowest BCUT2D eigenvalue weighted by molar-refractivity contribution is -0.122. The fourth-order valence-corrected chi connectivity index (χ4v) is 3.69. The summed E-state index contributed by atoms with van der Waals surface area (Å²) in [6.07, 6.45) is 6.58. The second-order valence-corrected chi connectivity index (χ2v) is 7.97. The smallest absolute Gasteiger partial charge is 0.315 e. The SMILES string of the molecule is O=C(NCc1ccccc1Cl)NCC1CCC(CNC(=O)C2CC2)CC1. The van der Waals surface area contributed by atoms with Gasteiger partial charge in [-0.1, -0.05) is 29.8 Å². The molecule has 0 saturated heterocycles. The molecule has 0 aromatic heterocycles. The highest BCUT2D eigenvalue weighted by molar-refractivity contribution is 6.31. The number of urea groups is 1. The van der Waals surface area contributed by atoms with Gasteiger partial charge in [0.25, 0.3) is 0 Å². The summed E-state index contributed by atoms with van der Waals surface area (Å²) in [5.74, 6) is 1.64. The molecule has 0 bridgehead atoms. The van der Waals surface area contributed by atoms with E-state index in [1.807, 2.05) is 24.3 Å². The maximum Gasteiger partial charge on any atom is 0.315 e.